The number of halogens is 1. The van der Waals surface area contributed by atoms with E-state index in [4.69, 9.17) is 4.74 Å². The molecule has 0 radical (unpaired) electrons. The average molecular weight is 267 g/mol. The van der Waals surface area contributed by atoms with Gasteiger partial charge in [0.2, 0.25) is 0 Å². The number of aromatic nitrogens is 2. The summed E-state index contributed by atoms with van der Waals surface area (Å²) >= 11 is 3.39. The Balaban J connectivity index is 1.96. The summed E-state index contributed by atoms with van der Waals surface area (Å²) < 4.78 is 8.35. The third-order valence-electron chi connectivity index (χ3n) is 2.00. The van der Waals surface area contributed by atoms with Crippen molar-refractivity contribution in [2.75, 3.05) is 0 Å². The van der Waals surface area contributed by atoms with E-state index in [-0.39, 0.29) is 0 Å². The number of aryl methyl sites for hydroxylation is 1. The SMILES string of the molecule is Cn1cc(OCc2ccc(Br)cc2)cn1. The van der Waals surface area contributed by atoms with Crippen molar-refractivity contribution in [1.29, 1.82) is 0 Å². The zero-order valence-corrected chi connectivity index (χ0v) is 9.94. The Kier molecular flexibility index (Phi) is 3.06. The average Bonchev–Trinajstić information content (AvgIpc) is 2.64. The summed E-state index contributed by atoms with van der Waals surface area (Å²) in [5.74, 6) is 0.792. The van der Waals surface area contributed by atoms with Crippen molar-refractivity contribution in [2.45, 2.75) is 6.61 Å². The van der Waals surface area contributed by atoms with Crippen LogP contribution in [0, 0.1) is 0 Å². The van der Waals surface area contributed by atoms with E-state index < -0.39 is 0 Å². The predicted molar refractivity (Wildman–Crippen MR) is 61.7 cm³/mol. The lowest BCUT2D eigenvalue weighted by Crippen LogP contribution is -1.93. The van der Waals surface area contributed by atoms with Crippen LogP contribution in [0.15, 0.2) is 41.1 Å². The third kappa shape index (κ3) is 2.83. The molecular weight excluding hydrogens is 256 g/mol. The minimum absolute atomic E-state index is 0.568. The maximum atomic E-state index is 5.55. The molecule has 0 aliphatic carbocycles. The van der Waals surface area contributed by atoms with Crippen LogP contribution in [0.5, 0.6) is 5.75 Å². The summed E-state index contributed by atoms with van der Waals surface area (Å²) in [6.45, 7) is 0.568. The maximum absolute atomic E-state index is 5.55. The lowest BCUT2D eigenvalue weighted by molar-refractivity contribution is 0.306. The van der Waals surface area contributed by atoms with E-state index in [1.165, 1.54) is 0 Å². The highest BCUT2D eigenvalue weighted by molar-refractivity contribution is 9.10. The van der Waals surface area contributed by atoms with Gasteiger partial charge in [0.1, 0.15) is 6.61 Å². The number of ether oxygens (including phenoxy) is 1. The quantitative estimate of drug-likeness (QED) is 0.855. The summed E-state index contributed by atoms with van der Waals surface area (Å²) in [6.07, 6.45) is 3.55. The van der Waals surface area contributed by atoms with Gasteiger partial charge in [-0.15, -0.1) is 0 Å². The molecule has 1 aromatic carbocycles. The molecule has 1 heterocycles. The summed E-state index contributed by atoms with van der Waals surface area (Å²) in [4.78, 5) is 0. The van der Waals surface area contributed by atoms with E-state index in [9.17, 15) is 0 Å². The molecule has 0 N–H and O–H groups in total. The first-order chi connectivity index (χ1) is 7.24. The van der Waals surface area contributed by atoms with Gasteiger partial charge in [-0.25, -0.2) is 0 Å². The van der Waals surface area contributed by atoms with Gasteiger partial charge in [0.15, 0.2) is 5.75 Å². The molecule has 78 valence electrons. The number of rotatable bonds is 3. The Labute approximate surface area is 96.8 Å². The Morgan fingerprint density at radius 3 is 2.67 bits per heavy atom. The van der Waals surface area contributed by atoms with Crippen LogP contribution in [0.3, 0.4) is 0 Å². The van der Waals surface area contributed by atoms with Gasteiger partial charge in [-0.05, 0) is 17.7 Å². The second kappa shape index (κ2) is 4.49. The Bertz CT molecular complexity index is 436. The van der Waals surface area contributed by atoms with Crippen molar-refractivity contribution in [3.05, 3.63) is 46.7 Å². The first-order valence-electron chi connectivity index (χ1n) is 4.60. The van der Waals surface area contributed by atoms with Gasteiger partial charge in [0, 0.05) is 11.5 Å². The highest BCUT2D eigenvalue weighted by Crippen LogP contribution is 2.13. The fraction of sp³-hybridized carbons (Fsp3) is 0.182. The second-order valence-electron chi connectivity index (χ2n) is 3.26. The Morgan fingerprint density at radius 1 is 1.33 bits per heavy atom. The topological polar surface area (TPSA) is 27.1 Å². The smallest absolute Gasteiger partial charge is 0.157 e. The molecule has 0 aliphatic rings. The molecule has 0 saturated carbocycles. The van der Waals surface area contributed by atoms with Crippen molar-refractivity contribution >= 4 is 15.9 Å². The lowest BCUT2D eigenvalue weighted by atomic mass is 10.2. The fourth-order valence-corrected chi connectivity index (χ4v) is 1.48. The van der Waals surface area contributed by atoms with Crippen LogP contribution >= 0.6 is 15.9 Å². The van der Waals surface area contributed by atoms with Crippen molar-refractivity contribution in [3.63, 3.8) is 0 Å². The Morgan fingerprint density at radius 2 is 2.07 bits per heavy atom. The Hall–Kier alpha value is -1.29. The number of hydrogen-bond donors (Lipinski definition) is 0. The van der Waals surface area contributed by atoms with Crippen molar-refractivity contribution in [3.8, 4) is 5.75 Å². The van der Waals surface area contributed by atoms with Gasteiger partial charge < -0.3 is 4.74 Å². The molecule has 4 heteroatoms. The molecule has 0 unspecified atom stereocenters. The second-order valence-corrected chi connectivity index (χ2v) is 4.18. The normalized spacial score (nSPS) is 10.3. The molecule has 0 aliphatic heterocycles. The summed E-state index contributed by atoms with van der Waals surface area (Å²) in [6, 6.07) is 8.06. The first-order valence-corrected chi connectivity index (χ1v) is 5.39. The van der Waals surface area contributed by atoms with Gasteiger partial charge in [-0.2, -0.15) is 5.10 Å². The zero-order valence-electron chi connectivity index (χ0n) is 8.35. The van der Waals surface area contributed by atoms with Gasteiger partial charge in [-0.3, -0.25) is 4.68 Å². The van der Waals surface area contributed by atoms with E-state index in [1.807, 2.05) is 37.5 Å². The predicted octanol–water partition coefficient (Wildman–Crippen LogP) is 2.76. The van der Waals surface area contributed by atoms with Crippen LogP contribution in [-0.4, -0.2) is 9.78 Å². The summed E-state index contributed by atoms with van der Waals surface area (Å²) in [5, 5.41) is 4.03. The molecular formula is C11H11BrN2O. The van der Waals surface area contributed by atoms with E-state index in [1.54, 1.807) is 10.9 Å². The molecule has 0 spiro atoms. The molecule has 0 saturated heterocycles. The van der Waals surface area contributed by atoms with Crippen molar-refractivity contribution in [2.24, 2.45) is 7.05 Å². The fourth-order valence-electron chi connectivity index (χ4n) is 1.22. The van der Waals surface area contributed by atoms with Gasteiger partial charge in [0.05, 0.1) is 12.4 Å². The molecule has 0 atom stereocenters. The monoisotopic (exact) mass is 266 g/mol. The van der Waals surface area contributed by atoms with E-state index in [0.29, 0.717) is 6.61 Å². The highest BCUT2D eigenvalue weighted by Gasteiger charge is 1.97. The largest absolute Gasteiger partial charge is 0.486 e. The maximum Gasteiger partial charge on any atom is 0.157 e. The standard InChI is InChI=1S/C11H11BrN2O/c1-14-7-11(6-13-14)15-8-9-2-4-10(12)5-3-9/h2-7H,8H2,1H3. The van der Waals surface area contributed by atoms with Gasteiger partial charge in [-0.1, -0.05) is 28.1 Å². The minimum Gasteiger partial charge on any atom is -0.486 e. The molecule has 0 amide bonds. The molecule has 0 fully saturated rings. The van der Waals surface area contributed by atoms with Crippen LogP contribution in [0.4, 0.5) is 0 Å². The van der Waals surface area contributed by atoms with Gasteiger partial charge in [0.25, 0.3) is 0 Å². The lowest BCUT2D eigenvalue weighted by Gasteiger charge is -2.03. The van der Waals surface area contributed by atoms with Crippen LogP contribution in [-0.2, 0) is 13.7 Å². The number of nitrogens with zero attached hydrogens (tertiary/aromatic N) is 2. The van der Waals surface area contributed by atoms with Crippen molar-refractivity contribution < 1.29 is 4.74 Å². The number of hydrogen-bond acceptors (Lipinski definition) is 2. The molecule has 2 aromatic rings. The highest BCUT2D eigenvalue weighted by atomic mass is 79.9. The number of benzene rings is 1. The molecule has 0 bridgehead atoms. The first kappa shape index (κ1) is 10.2. The molecule has 15 heavy (non-hydrogen) atoms. The van der Waals surface area contributed by atoms with Crippen LogP contribution in [0.2, 0.25) is 0 Å². The minimum atomic E-state index is 0.568. The van der Waals surface area contributed by atoms with Crippen LogP contribution < -0.4 is 4.74 Å². The van der Waals surface area contributed by atoms with E-state index in [0.717, 1.165) is 15.8 Å². The molecule has 1 aromatic heterocycles. The third-order valence-corrected chi connectivity index (χ3v) is 2.53. The van der Waals surface area contributed by atoms with Gasteiger partial charge >= 0.3 is 0 Å². The summed E-state index contributed by atoms with van der Waals surface area (Å²) in [7, 11) is 1.87. The zero-order chi connectivity index (χ0) is 10.7. The van der Waals surface area contributed by atoms with Crippen molar-refractivity contribution in [1.82, 2.24) is 9.78 Å². The van der Waals surface area contributed by atoms with E-state index in [2.05, 4.69) is 21.0 Å². The van der Waals surface area contributed by atoms with E-state index >= 15 is 0 Å². The summed E-state index contributed by atoms with van der Waals surface area (Å²) in [5.41, 5.74) is 1.14. The molecule has 2 rings (SSSR count). The molecule has 3 nitrogen and oxygen atoms in total. The van der Waals surface area contributed by atoms with Crippen LogP contribution in [0.1, 0.15) is 5.56 Å². The van der Waals surface area contributed by atoms with Crippen LogP contribution in [0.25, 0.3) is 0 Å².